The van der Waals surface area contributed by atoms with Gasteiger partial charge in [0.2, 0.25) is 0 Å². The van der Waals surface area contributed by atoms with E-state index in [0.717, 1.165) is 17.0 Å². The molecule has 1 heterocycles. The highest BCUT2D eigenvalue weighted by molar-refractivity contribution is 5.74. The van der Waals surface area contributed by atoms with Crippen LogP contribution in [-0.4, -0.2) is 12.1 Å². The predicted molar refractivity (Wildman–Crippen MR) is 60.6 cm³/mol. The lowest BCUT2D eigenvalue weighted by Gasteiger charge is -2.06. The van der Waals surface area contributed by atoms with Gasteiger partial charge in [0.05, 0.1) is 12.8 Å². The number of hydrogen-bond acceptors (Lipinski definition) is 3. The number of anilines is 1. The van der Waals surface area contributed by atoms with Crippen molar-refractivity contribution in [2.75, 3.05) is 12.8 Å². The molecule has 76 valence electrons. The van der Waals surface area contributed by atoms with Crippen molar-refractivity contribution in [1.29, 1.82) is 0 Å². The fourth-order valence-electron chi connectivity index (χ4n) is 1.42. The number of nitrogens with zero attached hydrogens (tertiary/aromatic N) is 1. The number of pyridine rings is 1. The van der Waals surface area contributed by atoms with E-state index >= 15 is 0 Å². The van der Waals surface area contributed by atoms with E-state index in [1.165, 1.54) is 0 Å². The zero-order valence-electron chi connectivity index (χ0n) is 8.47. The van der Waals surface area contributed by atoms with Crippen LogP contribution in [0.2, 0.25) is 0 Å². The maximum absolute atomic E-state index is 5.91. The molecule has 0 saturated heterocycles. The first-order chi connectivity index (χ1) is 7.31. The zero-order chi connectivity index (χ0) is 10.7. The van der Waals surface area contributed by atoms with E-state index in [1.807, 2.05) is 30.3 Å². The molecule has 2 N–H and O–H groups in total. The minimum atomic E-state index is 0.674. The number of benzene rings is 1. The van der Waals surface area contributed by atoms with Crippen LogP contribution >= 0.6 is 0 Å². The summed E-state index contributed by atoms with van der Waals surface area (Å²) in [7, 11) is 1.62. The van der Waals surface area contributed by atoms with Gasteiger partial charge in [0, 0.05) is 23.5 Å². The van der Waals surface area contributed by atoms with Crippen molar-refractivity contribution in [1.82, 2.24) is 4.98 Å². The van der Waals surface area contributed by atoms with Crippen LogP contribution in [0.1, 0.15) is 0 Å². The molecule has 1 aromatic carbocycles. The number of aromatic nitrogens is 1. The summed E-state index contributed by atoms with van der Waals surface area (Å²) in [5.74, 6) is 0.757. The maximum atomic E-state index is 5.91. The molecule has 3 heteroatoms. The first kappa shape index (κ1) is 9.52. The van der Waals surface area contributed by atoms with Gasteiger partial charge in [0.1, 0.15) is 5.75 Å². The third-order valence-corrected chi connectivity index (χ3v) is 2.20. The van der Waals surface area contributed by atoms with Crippen LogP contribution in [-0.2, 0) is 0 Å². The molecule has 0 atom stereocenters. The standard InChI is InChI=1S/C12H12N2O/c1-15-9-5-6-10(11(13)8-9)12-4-2-3-7-14-12/h2-8H,13H2,1H3. The number of rotatable bonds is 2. The van der Waals surface area contributed by atoms with Crippen LogP contribution in [0, 0.1) is 0 Å². The van der Waals surface area contributed by atoms with Crippen molar-refractivity contribution in [2.45, 2.75) is 0 Å². The Labute approximate surface area is 88.5 Å². The SMILES string of the molecule is COc1ccc(-c2ccccn2)c(N)c1. The van der Waals surface area contributed by atoms with E-state index in [4.69, 9.17) is 10.5 Å². The molecule has 0 fully saturated rings. The molecule has 0 bridgehead atoms. The van der Waals surface area contributed by atoms with E-state index in [1.54, 1.807) is 19.4 Å². The van der Waals surface area contributed by atoms with Gasteiger partial charge in [-0.25, -0.2) is 0 Å². The predicted octanol–water partition coefficient (Wildman–Crippen LogP) is 2.34. The minimum Gasteiger partial charge on any atom is -0.497 e. The molecule has 3 nitrogen and oxygen atoms in total. The fraction of sp³-hybridized carbons (Fsp3) is 0.0833. The first-order valence-electron chi connectivity index (χ1n) is 4.66. The summed E-state index contributed by atoms with van der Waals surface area (Å²) in [6, 6.07) is 11.3. The Balaban J connectivity index is 2.46. The summed E-state index contributed by atoms with van der Waals surface area (Å²) in [6.07, 6.45) is 1.75. The highest BCUT2D eigenvalue weighted by Crippen LogP contribution is 2.27. The van der Waals surface area contributed by atoms with E-state index < -0.39 is 0 Å². The molecule has 15 heavy (non-hydrogen) atoms. The molecule has 0 spiro atoms. The summed E-state index contributed by atoms with van der Waals surface area (Å²) in [5.41, 5.74) is 8.38. The second-order valence-electron chi connectivity index (χ2n) is 3.17. The lowest BCUT2D eigenvalue weighted by Crippen LogP contribution is -1.93. The Morgan fingerprint density at radius 3 is 2.67 bits per heavy atom. The summed E-state index contributed by atoms with van der Waals surface area (Å²) >= 11 is 0. The summed E-state index contributed by atoms with van der Waals surface area (Å²) in [6.45, 7) is 0. The van der Waals surface area contributed by atoms with Gasteiger partial charge in [0.25, 0.3) is 0 Å². The van der Waals surface area contributed by atoms with Crippen molar-refractivity contribution in [3.8, 4) is 17.0 Å². The monoisotopic (exact) mass is 200 g/mol. The molecule has 0 amide bonds. The minimum absolute atomic E-state index is 0.674. The highest BCUT2D eigenvalue weighted by atomic mass is 16.5. The van der Waals surface area contributed by atoms with Crippen LogP contribution in [0.15, 0.2) is 42.6 Å². The van der Waals surface area contributed by atoms with Crippen molar-refractivity contribution in [3.63, 3.8) is 0 Å². The van der Waals surface area contributed by atoms with E-state index in [2.05, 4.69) is 4.98 Å². The average Bonchev–Trinajstić information content (AvgIpc) is 2.30. The van der Waals surface area contributed by atoms with Crippen LogP contribution in [0.25, 0.3) is 11.3 Å². The van der Waals surface area contributed by atoms with Crippen LogP contribution in [0.3, 0.4) is 0 Å². The molecule has 2 rings (SSSR count). The smallest absolute Gasteiger partial charge is 0.120 e. The van der Waals surface area contributed by atoms with Crippen molar-refractivity contribution < 1.29 is 4.74 Å². The quantitative estimate of drug-likeness (QED) is 0.757. The van der Waals surface area contributed by atoms with Crippen molar-refractivity contribution >= 4 is 5.69 Å². The molecule has 0 aliphatic rings. The van der Waals surface area contributed by atoms with Crippen LogP contribution in [0.4, 0.5) is 5.69 Å². The first-order valence-corrected chi connectivity index (χ1v) is 4.66. The Morgan fingerprint density at radius 1 is 1.20 bits per heavy atom. The molecular formula is C12H12N2O. The largest absolute Gasteiger partial charge is 0.497 e. The van der Waals surface area contributed by atoms with Gasteiger partial charge in [0.15, 0.2) is 0 Å². The average molecular weight is 200 g/mol. The Hall–Kier alpha value is -2.03. The number of nitrogens with two attached hydrogens (primary N) is 1. The molecular weight excluding hydrogens is 188 g/mol. The van der Waals surface area contributed by atoms with Gasteiger partial charge in [-0.3, -0.25) is 4.98 Å². The van der Waals surface area contributed by atoms with E-state index in [-0.39, 0.29) is 0 Å². The van der Waals surface area contributed by atoms with Gasteiger partial charge in [-0.05, 0) is 24.3 Å². The van der Waals surface area contributed by atoms with Crippen LogP contribution < -0.4 is 10.5 Å². The summed E-state index contributed by atoms with van der Waals surface area (Å²) in [5, 5.41) is 0. The Bertz CT molecular complexity index is 454. The number of methoxy groups -OCH3 is 1. The second kappa shape index (κ2) is 4.00. The van der Waals surface area contributed by atoms with Gasteiger partial charge in [-0.1, -0.05) is 6.07 Å². The molecule has 1 aromatic heterocycles. The second-order valence-corrected chi connectivity index (χ2v) is 3.17. The maximum Gasteiger partial charge on any atom is 0.120 e. The fourth-order valence-corrected chi connectivity index (χ4v) is 1.42. The van der Waals surface area contributed by atoms with Gasteiger partial charge in [-0.15, -0.1) is 0 Å². The Kier molecular flexibility index (Phi) is 2.54. The van der Waals surface area contributed by atoms with Crippen LogP contribution in [0.5, 0.6) is 5.75 Å². The Morgan fingerprint density at radius 2 is 2.07 bits per heavy atom. The van der Waals surface area contributed by atoms with E-state index in [9.17, 15) is 0 Å². The van der Waals surface area contributed by atoms with Gasteiger partial charge < -0.3 is 10.5 Å². The molecule has 0 saturated carbocycles. The number of nitrogen functional groups attached to an aromatic ring is 1. The van der Waals surface area contributed by atoms with Crippen molar-refractivity contribution in [3.05, 3.63) is 42.6 Å². The lowest BCUT2D eigenvalue weighted by molar-refractivity contribution is 0.415. The van der Waals surface area contributed by atoms with Gasteiger partial charge >= 0.3 is 0 Å². The summed E-state index contributed by atoms with van der Waals surface area (Å²) in [4.78, 5) is 4.24. The molecule has 0 radical (unpaired) electrons. The van der Waals surface area contributed by atoms with E-state index in [0.29, 0.717) is 5.69 Å². The molecule has 0 aliphatic heterocycles. The molecule has 0 unspecified atom stereocenters. The van der Waals surface area contributed by atoms with Crippen molar-refractivity contribution in [2.24, 2.45) is 0 Å². The van der Waals surface area contributed by atoms with Gasteiger partial charge in [-0.2, -0.15) is 0 Å². The zero-order valence-corrected chi connectivity index (χ0v) is 8.47. The number of ether oxygens (including phenoxy) is 1. The summed E-state index contributed by atoms with van der Waals surface area (Å²) < 4.78 is 5.09. The highest BCUT2D eigenvalue weighted by Gasteiger charge is 2.03. The third-order valence-electron chi connectivity index (χ3n) is 2.20. The molecule has 2 aromatic rings. The molecule has 0 aliphatic carbocycles. The number of hydrogen-bond donors (Lipinski definition) is 1. The topological polar surface area (TPSA) is 48.1 Å². The normalized spacial score (nSPS) is 9.93. The third kappa shape index (κ3) is 1.91. The lowest BCUT2D eigenvalue weighted by atomic mass is 10.1.